The lowest BCUT2D eigenvalue weighted by molar-refractivity contribution is 0.546. The molecule has 4 nitrogen and oxygen atoms in total. The van der Waals surface area contributed by atoms with Gasteiger partial charge in [-0.15, -0.1) is 0 Å². The molecule has 0 radical (unpaired) electrons. The van der Waals surface area contributed by atoms with Crippen LogP contribution in [0.1, 0.15) is 52.4 Å². The molecule has 21 heavy (non-hydrogen) atoms. The molecule has 1 aromatic heterocycles. The molecular weight excluding hydrogens is 280 g/mol. The van der Waals surface area contributed by atoms with Crippen LogP contribution in [-0.4, -0.2) is 34.6 Å². The second-order valence-corrected chi connectivity index (χ2v) is 7.75. The van der Waals surface area contributed by atoms with Crippen LogP contribution in [0.4, 0.5) is 11.6 Å². The fourth-order valence-corrected chi connectivity index (χ4v) is 2.01. The first-order valence-electron chi connectivity index (χ1n) is 7.69. The first-order chi connectivity index (χ1) is 9.79. The molecule has 0 saturated carbocycles. The SMILES string of the molecule is CCCNc1nc(C(C)(C)C)nc(NCC(C)SC)c1C. The highest BCUT2D eigenvalue weighted by Crippen LogP contribution is 2.26. The maximum atomic E-state index is 4.75. The molecular formula is C16H30N4S. The van der Waals surface area contributed by atoms with E-state index in [0.717, 1.165) is 42.5 Å². The molecule has 0 amide bonds. The summed E-state index contributed by atoms with van der Waals surface area (Å²) in [5.41, 5.74) is 1.04. The summed E-state index contributed by atoms with van der Waals surface area (Å²) in [4.78, 5) is 9.47. The number of anilines is 2. The average molecular weight is 311 g/mol. The van der Waals surface area contributed by atoms with Crippen molar-refractivity contribution in [2.45, 2.75) is 58.6 Å². The maximum Gasteiger partial charge on any atom is 0.138 e. The van der Waals surface area contributed by atoms with Gasteiger partial charge in [0.25, 0.3) is 0 Å². The minimum Gasteiger partial charge on any atom is -0.370 e. The summed E-state index contributed by atoms with van der Waals surface area (Å²) in [7, 11) is 0. The standard InChI is InChI=1S/C16H30N4S/c1-8-9-17-13-12(3)14(18-10-11(2)21-7)20-15(19-13)16(4,5)6/h11H,8-10H2,1-7H3,(H2,17,18,19,20). The number of rotatable bonds is 7. The van der Waals surface area contributed by atoms with E-state index < -0.39 is 0 Å². The number of thioether (sulfide) groups is 1. The number of nitrogens with one attached hydrogen (secondary N) is 2. The number of hydrogen-bond donors (Lipinski definition) is 2. The summed E-state index contributed by atoms with van der Waals surface area (Å²) in [6, 6.07) is 0. The highest BCUT2D eigenvalue weighted by molar-refractivity contribution is 7.99. The second-order valence-electron chi connectivity index (χ2n) is 6.47. The van der Waals surface area contributed by atoms with Gasteiger partial charge in [0.15, 0.2) is 0 Å². The molecule has 5 heteroatoms. The van der Waals surface area contributed by atoms with E-state index in [1.807, 2.05) is 11.8 Å². The zero-order chi connectivity index (χ0) is 16.0. The van der Waals surface area contributed by atoms with Crippen molar-refractivity contribution < 1.29 is 0 Å². The van der Waals surface area contributed by atoms with Gasteiger partial charge in [0, 0.05) is 29.3 Å². The van der Waals surface area contributed by atoms with E-state index in [4.69, 9.17) is 9.97 Å². The molecule has 0 spiro atoms. The molecule has 1 rings (SSSR count). The van der Waals surface area contributed by atoms with Crippen LogP contribution in [-0.2, 0) is 5.41 Å². The van der Waals surface area contributed by atoms with E-state index >= 15 is 0 Å². The third-order valence-corrected chi connectivity index (χ3v) is 4.29. The average Bonchev–Trinajstić information content (AvgIpc) is 2.43. The molecule has 2 N–H and O–H groups in total. The zero-order valence-corrected chi connectivity index (χ0v) is 15.3. The fraction of sp³-hybridized carbons (Fsp3) is 0.750. The third-order valence-electron chi connectivity index (χ3n) is 3.32. The molecule has 0 bridgehead atoms. The second kappa shape index (κ2) is 7.87. The quantitative estimate of drug-likeness (QED) is 0.795. The number of nitrogens with zero attached hydrogens (tertiary/aromatic N) is 2. The lowest BCUT2D eigenvalue weighted by Gasteiger charge is -2.22. The van der Waals surface area contributed by atoms with E-state index in [9.17, 15) is 0 Å². The van der Waals surface area contributed by atoms with Crippen molar-refractivity contribution in [1.29, 1.82) is 0 Å². The lowest BCUT2D eigenvalue weighted by Crippen LogP contribution is -2.21. The lowest BCUT2D eigenvalue weighted by atomic mass is 9.95. The summed E-state index contributed by atoms with van der Waals surface area (Å²) in [6.07, 6.45) is 3.22. The van der Waals surface area contributed by atoms with E-state index in [-0.39, 0.29) is 5.41 Å². The Morgan fingerprint density at radius 3 is 2.19 bits per heavy atom. The zero-order valence-electron chi connectivity index (χ0n) is 14.5. The van der Waals surface area contributed by atoms with Gasteiger partial charge in [0.2, 0.25) is 0 Å². The van der Waals surface area contributed by atoms with Crippen LogP contribution < -0.4 is 10.6 Å². The molecule has 0 aliphatic rings. The van der Waals surface area contributed by atoms with Gasteiger partial charge in [0.05, 0.1) is 0 Å². The van der Waals surface area contributed by atoms with Crippen molar-refractivity contribution in [2.75, 3.05) is 30.0 Å². The summed E-state index contributed by atoms with van der Waals surface area (Å²) < 4.78 is 0. The first kappa shape index (κ1) is 18.1. The van der Waals surface area contributed by atoms with Crippen molar-refractivity contribution in [3.63, 3.8) is 0 Å². The Kier molecular flexibility index (Phi) is 6.78. The van der Waals surface area contributed by atoms with Gasteiger partial charge < -0.3 is 10.6 Å². The molecule has 1 aromatic rings. The fourth-order valence-electron chi connectivity index (χ4n) is 1.76. The minimum absolute atomic E-state index is 0.0576. The van der Waals surface area contributed by atoms with Gasteiger partial charge in [-0.25, -0.2) is 9.97 Å². The molecule has 0 aromatic carbocycles. The maximum absolute atomic E-state index is 4.75. The predicted octanol–water partition coefficient (Wildman–Crippen LogP) is 4.07. The normalized spacial score (nSPS) is 13.1. The molecule has 0 fully saturated rings. The first-order valence-corrected chi connectivity index (χ1v) is 8.98. The highest BCUT2D eigenvalue weighted by atomic mass is 32.2. The van der Waals surface area contributed by atoms with E-state index in [0.29, 0.717) is 5.25 Å². The van der Waals surface area contributed by atoms with Crippen LogP contribution in [0.15, 0.2) is 0 Å². The molecule has 0 aliphatic carbocycles. The smallest absolute Gasteiger partial charge is 0.138 e. The van der Waals surface area contributed by atoms with Gasteiger partial charge in [-0.05, 0) is 19.6 Å². The molecule has 1 atom stereocenters. The predicted molar refractivity (Wildman–Crippen MR) is 95.7 cm³/mol. The van der Waals surface area contributed by atoms with E-state index in [1.165, 1.54) is 0 Å². The minimum atomic E-state index is -0.0576. The number of aromatic nitrogens is 2. The Morgan fingerprint density at radius 1 is 1.14 bits per heavy atom. The van der Waals surface area contributed by atoms with Crippen LogP contribution in [0.2, 0.25) is 0 Å². The molecule has 1 unspecified atom stereocenters. The van der Waals surface area contributed by atoms with Crippen LogP contribution in [0.5, 0.6) is 0 Å². The largest absolute Gasteiger partial charge is 0.370 e. The van der Waals surface area contributed by atoms with Crippen LogP contribution in [0.25, 0.3) is 0 Å². The number of hydrogen-bond acceptors (Lipinski definition) is 5. The van der Waals surface area contributed by atoms with E-state index in [2.05, 4.69) is 58.4 Å². The van der Waals surface area contributed by atoms with Crippen LogP contribution >= 0.6 is 11.8 Å². The molecule has 0 aliphatic heterocycles. The van der Waals surface area contributed by atoms with Crippen molar-refractivity contribution in [3.8, 4) is 0 Å². The van der Waals surface area contributed by atoms with Gasteiger partial charge in [-0.3, -0.25) is 0 Å². The Morgan fingerprint density at radius 2 is 1.71 bits per heavy atom. The van der Waals surface area contributed by atoms with Crippen molar-refractivity contribution in [2.24, 2.45) is 0 Å². The molecule has 1 heterocycles. The summed E-state index contributed by atoms with van der Waals surface area (Å²) >= 11 is 1.86. The van der Waals surface area contributed by atoms with Crippen LogP contribution in [0.3, 0.4) is 0 Å². The van der Waals surface area contributed by atoms with Crippen molar-refractivity contribution in [3.05, 3.63) is 11.4 Å². The van der Waals surface area contributed by atoms with Gasteiger partial charge >= 0.3 is 0 Å². The third kappa shape index (κ3) is 5.38. The van der Waals surface area contributed by atoms with Crippen molar-refractivity contribution >= 4 is 23.4 Å². The summed E-state index contributed by atoms with van der Waals surface area (Å²) in [5, 5.41) is 7.46. The summed E-state index contributed by atoms with van der Waals surface area (Å²) in [5.74, 6) is 2.79. The Labute approximate surface area is 133 Å². The molecule has 120 valence electrons. The van der Waals surface area contributed by atoms with Gasteiger partial charge in [0.1, 0.15) is 17.5 Å². The van der Waals surface area contributed by atoms with E-state index in [1.54, 1.807) is 0 Å². The van der Waals surface area contributed by atoms with Crippen molar-refractivity contribution in [1.82, 2.24) is 9.97 Å². The Hall–Kier alpha value is -0.970. The topological polar surface area (TPSA) is 49.8 Å². The van der Waals surface area contributed by atoms with Crippen LogP contribution in [0, 0.1) is 6.92 Å². The Bertz CT molecular complexity index is 454. The molecule has 0 saturated heterocycles. The van der Waals surface area contributed by atoms with Gasteiger partial charge in [-0.1, -0.05) is 34.6 Å². The Balaban J connectivity index is 3.08. The highest BCUT2D eigenvalue weighted by Gasteiger charge is 2.21. The van der Waals surface area contributed by atoms with Gasteiger partial charge in [-0.2, -0.15) is 11.8 Å². The monoisotopic (exact) mass is 310 g/mol. The summed E-state index contributed by atoms with van der Waals surface area (Å²) in [6.45, 7) is 14.7.